The molecule has 154 valence electrons. The molecule has 1 fully saturated rings. The Bertz CT molecular complexity index is 940. The van der Waals surface area contributed by atoms with Crippen LogP contribution in [0.5, 0.6) is 0 Å². The summed E-state index contributed by atoms with van der Waals surface area (Å²) < 4.78 is 1.85. The van der Waals surface area contributed by atoms with Crippen molar-refractivity contribution in [3.63, 3.8) is 0 Å². The summed E-state index contributed by atoms with van der Waals surface area (Å²) in [6.07, 6.45) is 0.877. The highest BCUT2D eigenvalue weighted by atomic mass is 16.3. The van der Waals surface area contributed by atoms with Crippen LogP contribution in [0.1, 0.15) is 32.0 Å². The molecule has 4 atom stereocenters. The van der Waals surface area contributed by atoms with Crippen LogP contribution in [0.2, 0.25) is 0 Å². The van der Waals surface area contributed by atoms with Gasteiger partial charge in [-0.25, -0.2) is 0 Å². The van der Waals surface area contributed by atoms with Crippen molar-refractivity contribution < 1.29 is 9.90 Å². The van der Waals surface area contributed by atoms with Crippen LogP contribution in [0.15, 0.2) is 47.3 Å². The van der Waals surface area contributed by atoms with Crippen molar-refractivity contribution in [3.05, 3.63) is 58.5 Å². The minimum Gasteiger partial charge on any atom is -0.396 e. The Hall–Kier alpha value is -2.44. The Morgan fingerprint density at radius 2 is 1.93 bits per heavy atom. The fourth-order valence-corrected chi connectivity index (χ4v) is 5.17. The van der Waals surface area contributed by atoms with Gasteiger partial charge in [0.2, 0.25) is 5.91 Å². The first-order chi connectivity index (χ1) is 14.1. The summed E-state index contributed by atoms with van der Waals surface area (Å²) in [5.41, 5.74) is 2.55. The molecule has 0 spiro atoms. The summed E-state index contributed by atoms with van der Waals surface area (Å²) in [4.78, 5) is 28.3. The lowest BCUT2D eigenvalue weighted by Crippen LogP contribution is -2.48. The number of fused-ring (bicyclic) bond motifs is 3. The molecule has 1 aromatic carbocycles. The first kappa shape index (κ1) is 19.9. The molecule has 1 amide bonds. The number of carbonyl (C=O) groups is 1. The van der Waals surface area contributed by atoms with E-state index in [1.54, 1.807) is 0 Å². The molecule has 0 bridgehead atoms. The lowest BCUT2D eigenvalue weighted by Gasteiger charge is -2.29. The third kappa shape index (κ3) is 3.20. The number of likely N-dealkylation sites (N-methyl/N-ethyl adjacent to an activating group) is 1. The number of hydrogen-bond acceptors (Lipinski definition) is 4. The highest BCUT2D eigenvalue weighted by Gasteiger charge is 2.54. The summed E-state index contributed by atoms with van der Waals surface area (Å²) >= 11 is 0. The Kier molecular flexibility index (Phi) is 5.56. The molecule has 2 N–H and O–H groups in total. The van der Waals surface area contributed by atoms with Crippen LogP contribution in [0.4, 0.5) is 0 Å². The summed E-state index contributed by atoms with van der Waals surface area (Å²) in [6.45, 7) is 5.87. The number of benzene rings is 1. The molecular formula is C23H29N3O3. The monoisotopic (exact) mass is 395 g/mol. The Morgan fingerprint density at radius 3 is 2.59 bits per heavy atom. The van der Waals surface area contributed by atoms with E-state index in [2.05, 4.69) is 10.2 Å². The molecule has 0 saturated carbocycles. The fourth-order valence-electron chi connectivity index (χ4n) is 5.17. The zero-order chi connectivity index (χ0) is 20.5. The quantitative estimate of drug-likeness (QED) is 0.785. The predicted molar refractivity (Wildman–Crippen MR) is 112 cm³/mol. The van der Waals surface area contributed by atoms with Gasteiger partial charge in [0.25, 0.3) is 5.56 Å². The molecule has 0 aliphatic carbocycles. The SMILES string of the molecule is CCCNC(=O)[C@H]1[C@H](CO)[C@H]2Cn3c(ccc(-c4ccccc4)c3=O)[C@H]2N1CC. The maximum Gasteiger partial charge on any atom is 0.258 e. The molecule has 6 heteroatoms. The summed E-state index contributed by atoms with van der Waals surface area (Å²) in [5, 5.41) is 13.2. The number of amides is 1. The van der Waals surface area contributed by atoms with Crippen LogP contribution in [0, 0.1) is 11.8 Å². The number of pyridine rings is 1. The van der Waals surface area contributed by atoms with Crippen molar-refractivity contribution in [1.29, 1.82) is 0 Å². The largest absolute Gasteiger partial charge is 0.396 e. The normalized spacial score (nSPS) is 25.6. The van der Waals surface area contributed by atoms with Crippen LogP contribution in [0.3, 0.4) is 0 Å². The van der Waals surface area contributed by atoms with Gasteiger partial charge in [0.05, 0.1) is 12.1 Å². The van der Waals surface area contributed by atoms with Crippen molar-refractivity contribution in [2.24, 2.45) is 11.8 Å². The number of hydrogen-bond donors (Lipinski definition) is 2. The zero-order valence-corrected chi connectivity index (χ0v) is 17.0. The molecule has 2 aliphatic heterocycles. The summed E-state index contributed by atoms with van der Waals surface area (Å²) in [7, 11) is 0. The Labute approximate surface area is 171 Å². The second-order valence-electron chi connectivity index (χ2n) is 7.98. The first-order valence-corrected chi connectivity index (χ1v) is 10.6. The number of likely N-dealkylation sites (tertiary alicyclic amines) is 1. The van der Waals surface area contributed by atoms with Crippen LogP contribution in [-0.2, 0) is 11.3 Å². The van der Waals surface area contributed by atoms with Gasteiger partial charge in [-0.05, 0) is 30.7 Å². The number of nitrogens with zero attached hydrogens (tertiary/aromatic N) is 2. The van der Waals surface area contributed by atoms with Gasteiger partial charge in [0.15, 0.2) is 0 Å². The number of rotatable bonds is 6. The molecule has 2 aromatic rings. The number of aliphatic hydroxyl groups is 1. The standard InChI is InChI=1S/C23H29N3O3/c1-3-12-24-22(28)21-18(14-27)17-13-26-19(20(17)25(21)4-2)11-10-16(23(26)29)15-8-6-5-7-9-15/h5-11,17-18,20-21,27H,3-4,12-14H2,1-2H3,(H,24,28)/t17-,18-,20+,21-/m1/s1. The van der Waals surface area contributed by atoms with Crippen molar-refractivity contribution >= 4 is 5.91 Å². The van der Waals surface area contributed by atoms with Gasteiger partial charge < -0.3 is 15.0 Å². The molecule has 2 aliphatic rings. The highest BCUT2D eigenvalue weighted by Crippen LogP contribution is 2.49. The molecule has 0 radical (unpaired) electrons. The molecule has 6 nitrogen and oxygen atoms in total. The van der Waals surface area contributed by atoms with Crippen LogP contribution in [0.25, 0.3) is 11.1 Å². The average molecular weight is 396 g/mol. The Morgan fingerprint density at radius 1 is 1.17 bits per heavy atom. The Balaban J connectivity index is 1.73. The first-order valence-electron chi connectivity index (χ1n) is 10.6. The van der Waals surface area contributed by atoms with Gasteiger partial charge in [-0.3, -0.25) is 14.5 Å². The van der Waals surface area contributed by atoms with Gasteiger partial charge in [0.1, 0.15) is 0 Å². The van der Waals surface area contributed by atoms with Crippen molar-refractivity contribution in [2.45, 2.75) is 38.9 Å². The smallest absolute Gasteiger partial charge is 0.258 e. The second-order valence-corrected chi connectivity index (χ2v) is 7.98. The molecule has 3 heterocycles. The zero-order valence-electron chi connectivity index (χ0n) is 17.0. The third-order valence-electron chi connectivity index (χ3n) is 6.46. The maximum atomic E-state index is 13.2. The molecule has 1 saturated heterocycles. The maximum absolute atomic E-state index is 13.2. The third-order valence-corrected chi connectivity index (χ3v) is 6.46. The molecular weight excluding hydrogens is 366 g/mol. The fraction of sp³-hybridized carbons (Fsp3) is 0.478. The molecule has 4 rings (SSSR count). The molecule has 0 unspecified atom stereocenters. The number of carbonyl (C=O) groups excluding carboxylic acids is 1. The van der Waals surface area contributed by atoms with Crippen LogP contribution in [-0.4, -0.2) is 46.2 Å². The minimum atomic E-state index is -0.357. The highest BCUT2D eigenvalue weighted by molar-refractivity contribution is 5.82. The lowest BCUT2D eigenvalue weighted by atomic mass is 9.88. The van der Waals surface area contributed by atoms with Gasteiger partial charge in [-0.1, -0.05) is 44.2 Å². The predicted octanol–water partition coefficient (Wildman–Crippen LogP) is 2.02. The average Bonchev–Trinajstić information content (AvgIpc) is 3.27. The van der Waals surface area contributed by atoms with Crippen molar-refractivity contribution in [2.75, 3.05) is 19.7 Å². The van der Waals surface area contributed by atoms with Crippen molar-refractivity contribution in [3.8, 4) is 11.1 Å². The second kappa shape index (κ2) is 8.13. The van der Waals surface area contributed by atoms with E-state index >= 15 is 0 Å². The molecule has 1 aromatic heterocycles. The lowest BCUT2D eigenvalue weighted by molar-refractivity contribution is -0.127. The number of nitrogens with one attached hydrogen (secondary N) is 1. The minimum absolute atomic E-state index is 0.00262. The molecule has 29 heavy (non-hydrogen) atoms. The van der Waals surface area contributed by atoms with Gasteiger partial charge in [-0.2, -0.15) is 0 Å². The topological polar surface area (TPSA) is 74.6 Å². The van der Waals surface area contributed by atoms with Gasteiger partial charge in [0, 0.05) is 42.8 Å². The van der Waals surface area contributed by atoms with Crippen LogP contribution < -0.4 is 10.9 Å². The van der Waals surface area contributed by atoms with E-state index in [0.29, 0.717) is 25.2 Å². The number of aliphatic hydroxyl groups excluding tert-OH is 1. The van der Waals surface area contributed by atoms with E-state index in [-0.39, 0.29) is 42.0 Å². The van der Waals surface area contributed by atoms with E-state index < -0.39 is 0 Å². The van der Waals surface area contributed by atoms with E-state index in [0.717, 1.165) is 17.7 Å². The van der Waals surface area contributed by atoms with Crippen LogP contribution >= 0.6 is 0 Å². The summed E-state index contributed by atoms with van der Waals surface area (Å²) in [6, 6.07) is 13.2. The summed E-state index contributed by atoms with van der Waals surface area (Å²) in [5.74, 6) is -0.149. The number of aromatic nitrogens is 1. The van der Waals surface area contributed by atoms with E-state index in [1.165, 1.54) is 0 Å². The van der Waals surface area contributed by atoms with Gasteiger partial charge in [-0.15, -0.1) is 0 Å². The van der Waals surface area contributed by atoms with E-state index in [4.69, 9.17) is 0 Å². The van der Waals surface area contributed by atoms with Gasteiger partial charge >= 0.3 is 0 Å². The van der Waals surface area contributed by atoms with E-state index in [9.17, 15) is 14.7 Å². The van der Waals surface area contributed by atoms with Crippen molar-refractivity contribution in [1.82, 2.24) is 14.8 Å². The van der Waals surface area contributed by atoms with E-state index in [1.807, 2.05) is 60.9 Å².